The van der Waals surface area contributed by atoms with Crippen LogP contribution in [0.3, 0.4) is 0 Å². The number of aliphatic hydroxyl groups is 2. The van der Waals surface area contributed by atoms with E-state index in [9.17, 15) is 63.0 Å². The highest BCUT2D eigenvalue weighted by Gasteiger charge is 2.45. The first kappa shape index (κ1) is 87.5. The molecule has 29 heteroatoms. The van der Waals surface area contributed by atoms with Gasteiger partial charge in [-0.1, -0.05) is 112 Å². The Bertz CT molecular complexity index is 2730. The maximum Gasteiger partial charge on any atom is 0.325 e. The van der Waals surface area contributed by atoms with Gasteiger partial charge in [-0.3, -0.25) is 52.7 Å². The molecule has 10 amide bonds. The van der Waals surface area contributed by atoms with Crippen molar-refractivity contribution in [3.8, 4) is 0 Å². The number of likely N-dealkylation sites (N-methyl/N-ethyl adjacent to an activating group) is 2. The lowest BCUT2D eigenvalue weighted by molar-refractivity contribution is -0.158. The monoisotopic (exact) mass is 1460 g/mol. The molecule has 0 aromatic carbocycles. The van der Waals surface area contributed by atoms with Crippen LogP contribution >= 0.6 is 0 Å². The van der Waals surface area contributed by atoms with Crippen molar-refractivity contribution in [3.05, 3.63) is 0 Å². The predicted molar refractivity (Wildman–Crippen MR) is 388 cm³/mol. The van der Waals surface area contributed by atoms with E-state index >= 15 is 0 Å². The molecule has 6 unspecified atom stereocenters. The summed E-state index contributed by atoms with van der Waals surface area (Å²) in [5, 5.41) is 40.3. The Morgan fingerprint density at radius 1 is 0.738 bits per heavy atom. The average Bonchev–Trinajstić information content (AvgIpc) is 1.80. The number of aliphatic hydroxyl groups excluding tert-OH is 2. The molecule has 0 radical (unpaired) electrons. The standard InChI is InChI=1S/C74H131N13O16/c1-10-20-56(68(94)83-62(50-23-14-12-13-15-24-50)70(96)81-54(37-76)65(78)91)86(8)73(99)46(6)59(103-61(90)39-79-66(92)44(4)41-101-33-19-32-75)27-17-16-22-43(3)49-25-18-26-51(31-30-49)63-71(97)82-55(38-77)67(93)85-64(58(89)40-88)72(98)80-45(5)42-102-60(36-53-35-48-28-29-52(53)34-48)47(7)74(100)87(9)57(21-11-2)69(95)84-63/h43-60,62-64,88-89H,10-42,75-77H2,1-9H3,(H2,78,91)(H,79,92)(H,80,98)(H,81,96)(H,82,97)(H,83,94)(H,84,95)(H,85,93)/t43?,44-,45+,46+,47+,48?,49?,51?,52?,53?,54-,55-,56-,57-,58-,59+,60+,62-,63-,64-/m0/s1. The number of hydrogen-bond acceptors (Lipinski definition) is 19. The lowest BCUT2D eigenvalue weighted by atomic mass is 9.82. The number of primary amides is 1. The van der Waals surface area contributed by atoms with Crippen LogP contribution in [-0.4, -0.2) is 218 Å². The molecule has 5 aliphatic rings. The van der Waals surface area contributed by atoms with Crippen molar-refractivity contribution < 1.29 is 77.2 Å². The SMILES string of the molecule is CCC[C@H]1C(=O)N[C@@H](C2CCCC(C(C)CCCC[C@@H](OC(=O)CNC(=O)[C@@H](C)COCCCN)[C@@H](C)C(=O)N(C)[C@@H](CCC)C(=O)N[C@H](C(=O)N[C@@H](CN)C(N)=O)C3CCCCCC3)CC2)C(=O)N[C@@H](CN)C(=O)N[C@@H]([C@@H](O)CO)C(=O)N[C@H](C)CO[C@H](CC2CC3CCC2C3)[C@@H](C)C(=O)N1C. The van der Waals surface area contributed by atoms with Gasteiger partial charge in [-0.15, -0.1) is 0 Å². The molecule has 4 saturated carbocycles. The molecule has 29 nitrogen and oxygen atoms in total. The first-order valence-corrected chi connectivity index (χ1v) is 38.8. The first-order valence-electron chi connectivity index (χ1n) is 38.8. The third-order valence-electron chi connectivity index (χ3n) is 22.8. The number of carbonyl (C=O) groups is 11. The summed E-state index contributed by atoms with van der Waals surface area (Å²) in [7, 11) is 3.11. The third-order valence-corrected chi connectivity index (χ3v) is 22.8. The van der Waals surface area contributed by atoms with Crippen LogP contribution in [0.5, 0.6) is 0 Å². The second-order valence-electron chi connectivity index (χ2n) is 30.6. The second-order valence-corrected chi connectivity index (χ2v) is 30.6. The highest BCUT2D eigenvalue weighted by Crippen LogP contribution is 2.50. The van der Waals surface area contributed by atoms with Crippen LogP contribution in [0.15, 0.2) is 0 Å². The van der Waals surface area contributed by atoms with Crippen molar-refractivity contribution in [1.29, 1.82) is 0 Å². The molecule has 588 valence electrons. The summed E-state index contributed by atoms with van der Waals surface area (Å²) >= 11 is 0. The maximum absolute atomic E-state index is 15.0. The van der Waals surface area contributed by atoms with Gasteiger partial charge in [0, 0.05) is 39.8 Å². The van der Waals surface area contributed by atoms with E-state index in [4.69, 9.17) is 37.1 Å². The molecule has 1 heterocycles. The van der Waals surface area contributed by atoms with Gasteiger partial charge >= 0.3 is 5.97 Å². The number of carbonyl (C=O) groups excluding carboxylic acids is 11. The lowest BCUT2D eigenvalue weighted by Gasteiger charge is -2.36. The summed E-state index contributed by atoms with van der Waals surface area (Å²) in [6.45, 7) is 11.6. The van der Waals surface area contributed by atoms with Crippen molar-refractivity contribution in [2.75, 3.05) is 66.7 Å². The van der Waals surface area contributed by atoms with Crippen LogP contribution in [0.4, 0.5) is 0 Å². The number of nitrogens with two attached hydrogens (primary N) is 4. The van der Waals surface area contributed by atoms with Gasteiger partial charge in [0.05, 0.1) is 43.7 Å². The molecular weight excluding hydrogens is 1330 g/mol. The number of nitrogens with one attached hydrogen (secondary N) is 7. The van der Waals surface area contributed by atoms with E-state index in [1.165, 1.54) is 23.3 Å². The van der Waals surface area contributed by atoms with Crippen molar-refractivity contribution in [2.45, 2.75) is 276 Å². The Labute approximate surface area is 611 Å². The number of hydrogen-bond donors (Lipinski definition) is 13. The molecule has 5 rings (SSSR count). The van der Waals surface area contributed by atoms with Crippen molar-refractivity contribution >= 4 is 65.0 Å². The molecule has 17 N–H and O–H groups in total. The Morgan fingerprint density at radius 3 is 2.05 bits per heavy atom. The van der Waals surface area contributed by atoms with E-state index in [1.54, 1.807) is 34.7 Å². The molecule has 2 bridgehead atoms. The highest BCUT2D eigenvalue weighted by atomic mass is 16.5. The highest BCUT2D eigenvalue weighted by molar-refractivity contribution is 5.97. The van der Waals surface area contributed by atoms with Gasteiger partial charge in [-0.2, -0.15) is 0 Å². The zero-order valence-electron chi connectivity index (χ0n) is 63.3. The summed E-state index contributed by atoms with van der Waals surface area (Å²) in [5.41, 5.74) is 23.1. The quantitative estimate of drug-likeness (QED) is 0.0244. The van der Waals surface area contributed by atoms with Crippen LogP contribution < -0.4 is 60.2 Å². The normalized spacial score (nSPS) is 28.3. The summed E-state index contributed by atoms with van der Waals surface area (Å²) < 4.78 is 18.3. The van der Waals surface area contributed by atoms with Gasteiger partial charge in [-0.05, 0) is 145 Å². The van der Waals surface area contributed by atoms with Gasteiger partial charge in [0.25, 0.3) is 0 Å². The molecule has 0 aromatic heterocycles. The van der Waals surface area contributed by atoms with Crippen LogP contribution in [0.2, 0.25) is 0 Å². The maximum atomic E-state index is 15.0. The minimum Gasteiger partial charge on any atom is -0.460 e. The third kappa shape index (κ3) is 26.7. The molecule has 0 aromatic rings. The van der Waals surface area contributed by atoms with Crippen LogP contribution in [0, 0.1) is 59.2 Å². The summed E-state index contributed by atoms with van der Waals surface area (Å²) in [4.78, 5) is 158. The van der Waals surface area contributed by atoms with E-state index in [-0.39, 0.29) is 62.7 Å². The van der Waals surface area contributed by atoms with Crippen molar-refractivity contribution in [3.63, 3.8) is 0 Å². The molecular formula is C74H131N13O16. The number of fused-ring (bicyclic) bond motifs is 2. The Balaban J connectivity index is 1.35. The first-order chi connectivity index (χ1) is 49.1. The second kappa shape index (κ2) is 44.8. The summed E-state index contributed by atoms with van der Waals surface area (Å²) in [5.74, 6) is -8.18. The van der Waals surface area contributed by atoms with Crippen LogP contribution in [-0.2, 0) is 67.0 Å². The number of esters is 1. The van der Waals surface area contributed by atoms with Crippen molar-refractivity contribution in [1.82, 2.24) is 47.0 Å². The molecule has 5 fully saturated rings. The van der Waals surface area contributed by atoms with Gasteiger partial charge in [0.2, 0.25) is 59.1 Å². The Kier molecular flexibility index (Phi) is 38.0. The fourth-order valence-corrected chi connectivity index (χ4v) is 16.3. The molecule has 0 spiro atoms. The van der Waals surface area contributed by atoms with Crippen molar-refractivity contribution in [2.24, 2.45) is 82.1 Å². The van der Waals surface area contributed by atoms with Gasteiger partial charge in [0.15, 0.2) is 0 Å². The molecule has 4 aliphatic carbocycles. The van der Waals surface area contributed by atoms with Gasteiger partial charge in [-0.25, -0.2) is 0 Å². The van der Waals surface area contributed by atoms with Crippen LogP contribution in [0.1, 0.15) is 209 Å². The number of ether oxygens (including phenoxy) is 3. The number of rotatable bonds is 35. The molecule has 1 aliphatic heterocycles. The number of nitrogens with zero attached hydrogens (tertiary/aromatic N) is 2. The van der Waals surface area contributed by atoms with Crippen LogP contribution in [0.25, 0.3) is 0 Å². The van der Waals surface area contributed by atoms with E-state index < -0.39 is 169 Å². The minimum absolute atomic E-state index is 0.0186. The number of amides is 10. The largest absolute Gasteiger partial charge is 0.460 e. The molecule has 1 saturated heterocycles. The Morgan fingerprint density at radius 2 is 1.43 bits per heavy atom. The summed E-state index contributed by atoms with van der Waals surface area (Å²) in [6, 6.07) is -9.22. The minimum atomic E-state index is -1.74. The van der Waals surface area contributed by atoms with E-state index in [0.29, 0.717) is 108 Å². The van der Waals surface area contributed by atoms with E-state index in [2.05, 4.69) is 44.1 Å². The predicted octanol–water partition coefficient (Wildman–Crippen LogP) is 1.82. The average molecular weight is 1460 g/mol. The zero-order valence-corrected chi connectivity index (χ0v) is 63.3. The lowest BCUT2D eigenvalue weighted by Crippen LogP contribution is -2.63. The van der Waals surface area contributed by atoms with Gasteiger partial charge in [0.1, 0.15) is 61.0 Å². The summed E-state index contributed by atoms with van der Waals surface area (Å²) in [6.07, 6.45) is 14.0. The van der Waals surface area contributed by atoms with E-state index in [0.717, 1.165) is 57.8 Å². The molecule has 20 atom stereocenters. The Hall–Kier alpha value is -6.11. The van der Waals surface area contributed by atoms with E-state index in [1.807, 2.05) is 13.8 Å². The fourth-order valence-electron chi connectivity index (χ4n) is 16.3. The van der Waals surface area contributed by atoms with Gasteiger partial charge < -0.3 is 94.4 Å². The smallest absolute Gasteiger partial charge is 0.325 e. The topological polar surface area (TPSA) is 451 Å². The fraction of sp³-hybridized carbons (Fsp3) is 0.851. The molecule has 103 heavy (non-hydrogen) atoms. The zero-order chi connectivity index (χ0) is 76.0. The number of unbranched alkanes of at least 4 members (excludes halogenated alkanes) is 1.